The fourth-order valence-electron chi connectivity index (χ4n) is 1.62. The van der Waals surface area contributed by atoms with Crippen molar-refractivity contribution in [3.63, 3.8) is 0 Å². The quantitative estimate of drug-likeness (QED) is 0.436. The van der Waals surface area contributed by atoms with E-state index >= 15 is 0 Å². The Bertz CT molecular complexity index is 511. The zero-order valence-corrected chi connectivity index (χ0v) is 15.1. The maximum Gasteiger partial charge on any atom is 0.225 e. The third kappa shape index (κ3) is 6.01. The minimum atomic E-state index is -0.361. The average molecular weight is 325 g/mol. The van der Waals surface area contributed by atoms with Crippen LogP contribution in [0.15, 0.2) is 4.99 Å². The number of aliphatic imine (C=N–C) groups is 1. The predicted molar refractivity (Wildman–Crippen MR) is 92.3 cm³/mol. The summed E-state index contributed by atoms with van der Waals surface area (Å²) in [6.07, 6.45) is 0. The largest absolute Gasteiger partial charge is 0.355 e. The van der Waals surface area contributed by atoms with Crippen LogP contribution in [0.1, 0.15) is 36.3 Å². The van der Waals surface area contributed by atoms with Crippen LogP contribution in [0.5, 0.6) is 0 Å². The van der Waals surface area contributed by atoms with Gasteiger partial charge in [-0.3, -0.25) is 9.79 Å². The molecule has 1 heterocycles. The lowest BCUT2D eigenvalue weighted by Gasteiger charge is -2.18. The Morgan fingerprint density at radius 2 is 1.82 bits per heavy atom. The fraction of sp³-hybridized carbons (Fsp3) is 0.667. The molecule has 124 valence electrons. The predicted octanol–water partition coefficient (Wildman–Crippen LogP) is 1.59. The van der Waals surface area contributed by atoms with Gasteiger partial charge in [0.2, 0.25) is 5.91 Å². The van der Waals surface area contributed by atoms with Crippen molar-refractivity contribution in [3.05, 3.63) is 15.6 Å². The molecule has 0 aliphatic carbocycles. The van der Waals surface area contributed by atoms with Gasteiger partial charge in [0.05, 0.1) is 12.2 Å². The van der Waals surface area contributed by atoms with E-state index in [9.17, 15) is 4.79 Å². The molecule has 1 aromatic rings. The summed E-state index contributed by atoms with van der Waals surface area (Å²) in [5.41, 5.74) is 0.718. The first-order valence-corrected chi connectivity index (χ1v) is 8.21. The van der Waals surface area contributed by atoms with Crippen LogP contribution < -0.4 is 16.0 Å². The summed E-state index contributed by atoms with van der Waals surface area (Å²) in [5.74, 6) is 0.751. The Morgan fingerprint density at radius 3 is 2.32 bits per heavy atom. The lowest BCUT2D eigenvalue weighted by atomic mass is 9.96. The normalized spacial score (nSPS) is 12.2. The number of nitrogens with zero attached hydrogens (tertiary/aromatic N) is 2. The Balaban J connectivity index is 2.30. The smallest absolute Gasteiger partial charge is 0.225 e. The van der Waals surface area contributed by atoms with Gasteiger partial charge in [0.25, 0.3) is 0 Å². The van der Waals surface area contributed by atoms with Gasteiger partial charge in [-0.25, -0.2) is 4.98 Å². The van der Waals surface area contributed by atoms with Crippen LogP contribution in [0.3, 0.4) is 0 Å². The van der Waals surface area contributed by atoms with Crippen molar-refractivity contribution in [2.75, 3.05) is 20.1 Å². The van der Waals surface area contributed by atoms with E-state index in [1.807, 2.05) is 27.7 Å². The molecule has 0 radical (unpaired) electrons. The molecule has 0 aliphatic heterocycles. The highest BCUT2D eigenvalue weighted by Crippen LogP contribution is 2.15. The number of guanidine groups is 1. The number of hydrogen-bond donors (Lipinski definition) is 3. The summed E-state index contributed by atoms with van der Waals surface area (Å²) in [6.45, 7) is 11.6. The van der Waals surface area contributed by atoms with E-state index in [0.29, 0.717) is 25.6 Å². The molecule has 0 atom stereocenters. The highest BCUT2D eigenvalue weighted by Gasteiger charge is 2.20. The van der Waals surface area contributed by atoms with E-state index in [1.165, 1.54) is 4.88 Å². The number of carbonyl (C=O) groups is 1. The van der Waals surface area contributed by atoms with Crippen LogP contribution in [0.25, 0.3) is 0 Å². The van der Waals surface area contributed by atoms with Crippen molar-refractivity contribution in [3.8, 4) is 0 Å². The van der Waals surface area contributed by atoms with Gasteiger partial charge in [0.15, 0.2) is 5.96 Å². The van der Waals surface area contributed by atoms with E-state index in [1.54, 1.807) is 18.4 Å². The van der Waals surface area contributed by atoms with Crippen LogP contribution in [0.2, 0.25) is 0 Å². The topological polar surface area (TPSA) is 78.4 Å². The molecule has 0 spiro atoms. The first-order chi connectivity index (χ1) is 10.2. The fourth-order valence-corrected chi connectivity index (χ4v) is 2.49. The van der Waals surface area contributed by atoms with Crippen molar-refractivity contribution < 1.29 is 4.79 Å². The zero-order chi connectivity index (χ0) is 16.8. The Labute approximate surface area is 136 Å². The summed E-state index contributed by atoms with van der Waals surface area (Å²) >= 11 is 1.69. The molecule has 0 aliphatic rings. The molecule has 3 N–H and O–H groups in total. The van der Waals surface area contributed by atoms with Gasteiger partial charge in [-0.1, -0.05) is 20.8 Å². The molecule has 0 saturated carbocycles. The van der Waals surface area contributed by atoms with Crippen LogP contribution in [0, 0.1) is 19.3 Å². The zero-order valence-electron chi connectivity index (χ0n) is 14.3. The highest BCUT2D eigenvalue weighted by molar-refractivity contribution is 7.11. The molecule has 1 amide bonds. The van der Waals surface area contributed by atoms with Crippen molar-refractivity contribution in [1.82, 2.24) is 20.9 Å². The lowest BCUT2D eigenvalue weighted by Crippen LogP contribution is -2.43. The van der Waals surface area contributed by atoms with Gasteiger partial charge in [-0.15, -0.1) is 11.3 Å². The van der Waals surface area contributed by atoms with Gasteiger partial charge in [0, 0.05) is 30.4 Å². The van der Waals surface area contributed by atoms with Crippen molar-refractivity contribution in [1.29, 1.82) is 0 Å². The van der Waals surface area contributed by atoms with E-state index in [2.05, 4.69) is 32.9 Å². The third-order valence-corrected chi connectivity index (χ3v) is 4.16. The molecule has 0 unspecified atom stereocenters. The molecule has 0 saturated heterocycles. The molecular weight excluding hydrogens is 298 g/mol. The molecular formula is C15H27N5OS. The summed E-state index contributed by atoms with van der Waals surface area (Å²) in [6, 6.07) is 0. The number of amides is 1. The Kier molecular flexibility index (Phi) is 6.80. The molecule has 7 heteroatoms. The van der Waals surface area contributed by atoms with Crippen molar-refractivity contribution in [2.24, 2.45) is 10.4 Å². The molecule has 1 rings (SSSR count). The van der Waals surface area contributed by atoms with Crippen LogP contribution in [-0.2, 0) is 11.3 Å². The lowest BCUT2D eigenvalue weighted by molar-refractivity contribution is -0.128. The third-order valence-electron chi connectivity index (χ3n) is 3.09. The maximum absolute atomic E-state index is 11.7. The number of aryl methyl sites for hydroxylation is 2. The Morgan fingerprint density at radius 1 is 1.18 bits per heavy atom. The van der Waals surface area contributed by atoms with Crippen LogP contribution in [0.4, 0.5) is 0 Å². The van der Waals surface area contributed by atoms with Crippen LogP contribution in [-0.4, -0.2) is 37.0 Å². The number of thiazole rings is 1. The summed E-state index contributed by atoms with van der Waals surface area (Å²) in [5, 5.41) is 10.3. The minimum Gasteiger partial charge on any atom is -0.355 e. The number of hydrogen-bond acceptors (Lipinski definition) is 4. The number of nitrogens with one attached hydrogen (secondary N) is 3. The number of rotatable bonds is 5. The summed E-state index contributed by atoms with van der Waals surface area (Å²) < 4.78 is 0. The minimum absolute atomic E-state index is 0.0472. The van der Waals surface area contributed by atoms with Gasteiger partial charge in [0.1, 0.15) is 5.01 Å². The summed E-state index contributed by atoms with van der Waals surface area (Å²) in [7, 11) is 1.72. The van der Waals surface area contributed by atoms with E-state index < -0.39 is 0 Å². The average Bonchev–Trinajstić information content (AvgIpc) is 2.75. The second-order valence-corrected chi connectivity index (χ2v) is 7.40. The highest BCUT2D eigenvalue weighted by atomic mass is 32.1. The van der Waals surface area contributed by atoms with Gasteiger partial charge in [-0.2, -0.15) is 0 Å². The second-order valence-electron chi connectivity index (χ2n) is 6.11. The maximum atomic E-state index is 11.7. The summed E-state index contributed by atoms with van der Waals surface area (Å²) in [4.78, 5) is 21.6. The number of aromatic nitrogens is 1. The molecule has 0 aromatic carbocycles. The molecule has 0 bridgehead atoms. The first-order valence-electron chi connectivity index (χ1n) is 7.39. The van der Waals surface area contributed by atoms with Gasteiger partial charge >= 0.3 is 0 Å². The number of carbonyl (C=O) groups excluding carboxylic acids is 1. The van der Waals surface area contributed by atoms with Crippen molar-refractivity contribution >= 4 is 23.2 Å². The van der Waals surface area contributed by atoms with E-state index in [-0.39, 0.29) is 11.3 Å². The molecule has 0 fully saturated rings. The van der Waals surface area contributed by atoms with E-state index in [0.717, 1.165) is 10.7 Å². The first kappa shape index (κ1) is 18.4. The van der Waals surface area contributed by atoms with Crippen molar-refractivity contribution in [2.45, 2.75) is 41.2 Å². The SMILES string of the molecule is CN=C(NCCNC(=O)C(C)(C)C)NCc1nc(C)c(C)s1. The van der Waals surface area contributed by atoms with Gasteiger partial charge < -0.3 is 16.0 Å². The molecule has 22 heavy (non-hydrogen) atoms. The standard InChI is InChI=1S/C15H27N5OS/c1-10-11(2)22-12(20-10)9-19-14(16-6)18-8-7-17-13(21)15(3,4)5/h7-9H2,1-6H3,(H,17,21)(H2,16,18,19). The molecule has 1 aromatic heterocycles. The van der Waals surface area contributed by atoms with E-state index in [4.69, 9.17) is 0 Å². The monoisotopic (exact) mass is 325 g/mol. The van der Waals surface area contributed by atoms with Crippen LogP contribution >= 0.6 is 11.3 Å². The Hall–Kier alpha value is -1.63. The second kappa shape index (κ2) is 8.12. The van der Waals surface area contributed by atoms with Gasteiger partial charge in [-0.05, 0) is 13.8 Å². The molecule has 6 nitrogen and oxygen atoms in total.